The quantitative estimate of drug-likeness (QED) is 0.885. The number of primary amides is 1. The van der Waals surface area contributed by atoms with Crippen molar-refractivity contribution in [2.75, 3.05) is 24.6 Å². The van der Waals surface area contributed by atoms with Crippen molar-refractivity contribution in [3.63, 3.8) is 0 Å². The van der Waals surface area contributed by atoms with E-state index in [0.29, 0.717) is 12.6 Å². The molecule has 1 fully saturated rings. The molecule has 0 spiro atoms. The summed E-state index contributed by atoms with van der Waals surface area (Å²) in [5.41, 5.74) is 7.84. The molecule has 0 bridgehead atoms. The van der Waals surface area contributed by atoms with Crippen molar-refractivity contribution in [3.05, 3.63) is 35.4 Å². The zero-order chi connectivity index (χ0) is 12.3. The highest BCUT2D eigenvalue weighted by Crippen LogP contribution is 2.29. The fourth-order valence-corrected chi connectivity index (χ4v) is 3.28. The minimum absolute atomic E-state index is 0.242. The first-order valence-corrected chi connectivity index (χ1v) is 6.99. The van der Waals surface area contributed by atoms with Gasteiger partial charge in [0.2, 0.25) is 5.91 Å². The number of hydrogen-bond acceptors (Lipinski definition) is 3. The Morgan fingerprint density at radius 2 is 2.18 bits per heavy atom. The molecule has 17 heavy (non-hydrogen) atoms. The van der Waals surface area contributed by atoms with Crippen LogP contribution in [0.1, 0.15) is 17.2 Å². The second-order valence-electron chi connectivity index (χ2n) is 4.44. The Kier molecular flexibility index (Phi) is 4.07. The van der Waals surface area contributed by atoms with Crippen LogP contribution in [0.15, 0.2) is 24.3 Å². The van der Waals surface area contributed by atoms with E-state index in [9.17, 15) is 4.79 Å². The molecule has 2 N–H and O–H groups in total. The van der Waals surface area contributed by atoms with Gasteiger partial charge in [0.25, 0.3) is 0 Å². The summed E-state index contributed by atoms with van der Waals surface area (Å²) in [5, 5.41) is 0. The van der Waals surface area contributed by atoms with E-state index < -0.39 is 0 Å². The zero-order valence-corrected chi connectivity index (χ0v) is 10.9. The molecule has 2 rings (SSSR count). The van der Waals surface area contributed by atoms with Gasteiger partial charge >= 0.3 is 0 Å². The molecule has 1 aliphatic heterocycles. The van der Waals surface area contributed by atoms with Crippen molar-refractivity contribution in [1.29, 1.82) is 0 Å². The van der Waals surface area contributed by atoms with Gasteiger partial charge in [-0.25, -0.2) is 0 Å². The van der Waals surface area contributed by atoms with Gasteiger partial charge in [-0.2, -0.15) is 11.8 Å². The molecule has 4 heteroatoms. The van der Waals surface area contributed by atoms with E-state index in [1.54, 1.807) is 0 Å². The molecule has 3 nitrogen and oxygen atoms in total. The Balaban J connectivity index is 2.15. The van der Waals surface area contributed by atoms with E-state index >= 15 is 0 Å². The van der Waals surface area contributed by atoms with Crippen LogP contribution < -0.4 is 5.73 Å². The van der Waals surface area contributed by atoms with E-state index in [1.807, 2.05) is 11.8 Å². The summed E-state index contributed by atoms with van der Waals surface area (Å²) in [7, 11) is 0. The number of hydrogen-bond donors (Lipinski definition) is 1. The lowest BCUT2D eigenvalue weighted by molar-refractivity contribution is -0.119. The van der Waals surface area contributed by atoms with Crippen molar-refractivity contribution in [1.82, 2.24) is 4.90 Å². The number of nitrogens with two attached hydrogens (primary N) is 1. The van der Waals surface area contributed by atoms with Gasteiger partial charge in [-0.05, 0) is 12.5 Å². The van der Waals surface area contributed by atoms with Crippen molar-refractivity contribution in [2.45, 2.75) is 13.0 Å². The first-order valence-electron chi connectivity index (χ1n) is 5.83. The number of aryl methyl sites for hydroxylation is 1. The third-order valence-electron chi connectivity index (χ3n) is 3.06. The Morgan fingerprint density at radius 1 is 1.47 bits per heavy atom. The SMILES string of the molecule is Cc1ccc([C@@H]2CSCCN2CC(N)=O)cc1. The van der Waals surface area contributed by atoms with Crippen LogP contribution in [0.3, 0.4) is 0 Å². The number of benzene rings is 1. The van der Waals surface area contributed by atoms with E-state index in [1.165, 1.54) is 11.1 Å². The normalized spacial score (nSPS) is 21.4. The maximum absolute atomic E-state index is 11.1. The Labute approximate surface area is 106 Å². The zero-order valence-electron chi connectivity index (χ0n) is 10.1. The fourth-order valence-electron chi connectivity index (χ4n) is 2.12. The molecule has 0 saturated carbocycles. The minimum atomic E-state index is -0.242. The number of carbonyl (C=O) groups is 1. The number of rotatable bonds is 3. The van der Waals surface area contributed by atoms with Crippen LogP contribution in [-0.2, 0) is 4.79 Å². The first kappa shape index (κ1) is 12.5. The number of carbonyl (C=O) groups excluding carboxylic acids is 1. The molecule has 1 aromatic rings. The molecule has 1 amide bonds. The monoisotopic (exact) mass is 250 g/mol. The van der Waals surface area contributed by atoms with Crippen molar-refractivity contribution >= 4 is 17.7 Å². The van der Waals surface area contributed by atoms with E-state index in [0.717, 1.165) is 18.1 Å². The topological polar surface area (TPSA) is 46.3 Å². The summed E-state index contributed by atoms with van der Waals surface area (Å²) in [5.74, 6) is 1.88. The van der Waals surface area contributed by atoms with E-state index in [2.05, 4.69) is 36.1 Å². The lowest BCUT2D eigenvalue weighted by Gasteiger charge is -2.34. The molecule has 0 unspecified atom stereocenters. The lowest BCUT2D eigenvalue weighted by Crippen LogP contribution is -2.41. The molecule has 1 atom stereocenters. The summed E-state index contributed by atoms with van der Waals surface area (Å²) in [6, 6.07) is 8.87. The summed E-state index contributed by atoms with van der Waals surface area (Å²) in [4.78, 5) is 13.3. The lowest BCUT2D eigenvalue weighted by atomic mass is 10.0. The largest absolute Gasteiger partial charge is 0.369 e. The van der Waals surface area contributed by atoms with Gasteiger partial charge in [-0.3, -0.25) is 9.69 Å². The third-order valence-corrected chi connectivity index (χ3v) is 4.08. The molecule has 1 aromatic carbocycles. The summed E-state index contributed by atoms with van der Waals surface area (Å²) in [6.07, 6.45) is 0. The molecule has 1 saturated heterocycles. The summed E-state index contributed by atoms with van der Waals surface area (Å²) >= 11 is 1.94. The van der Waals surface area contributed by atoms with Crippen LogP contribution >= 0.6 is 11.8 Å². The van der Waals surface area contributed by atoms with E-state index in [4.69, 9.17) is 5.73 Å². The standard InChI is InChI=1S/C13H18N2OS/c1-10-2-4-11(5-3-10)12-9-17-7-6-15(12)8-13(14)16/h2-5,12H,6-9H2,1H3,(H2,14,16)/t12-/m0/s1. The highest BCUT2D eigenvalue weighted by molar-refractivity contribution is 7.99. The molecular weight excluding hydrogens is 232 g/mol. The van der Waals surface area contributed by atoms with Crippen LogP contribution in [0.25, 0.3) is 0 Å². The predicted octanol–water partition coefficient (Wildman–Crippen LogP) is 1.57. The molecule has 0 aliphatic carbocycles. The summed E-state index contributed by atoms with van der Waals surface area (Å²) in [6.45, 7) is 3.38. The highest BCUT2D eigenvalue weighted by atomic mass is 32.2. The highest BCUT2D eigenvalue weighted by Gasteiger charge is 2.25. The first-order chi connectivity index (χ1) is 8.16. The number of thioether (sulfide) groups is 1. The van der Waals surface area contributed by atoms with Gasteiger partial charge in [0.05, 0.1) is 6.54 Å². The average Bonchev–Trinajstić information content (AvgIpc) is 2.30. The number of amides is 1. The number of nitrogens with zero attached hydrogens (tertiary/aromatic N) is 1. The predicted molar refractivity (Wildman–Crippen MR) is 72.0 cm³/mol. The van der Waals surface area contributed by atoms with Crippen molar-refractivity contribution in [2.24, 2.45) is 5.73 Å². The van der Waals surface area contributed by atoms with Gasteiger partial charge < -0.3 is 5.73 Å². The van der Waals surface area contributed by atoms with Crippen LogP contribution in [0.4, 0.5) is 0 Å². The van der Waals surface area contributed by atoms with Crippen LogP contribution in [-0.4, -0.2) is 35.4 Å². The van der Waals surface area contributed by atoms with Gasteiger partial charge in [-0.1, -0.05) is 29.8 Å². The summed E-state index contributed by atoms with van der Waals surface area (Å²) < 4.78 is 0. The Morgan fingerprint density at radius 3 is 2.82 bits per heavy atom. The van der Waals surface area contributed by atoms with Crippen molar-refractivity contribution in [3.8, 4) is 0 Å². The Hall–Kier alpha value is -1.00. The molecule has 92 valence electrons. The van der Waals surface area contributed by atoms with Gasteiger partial charge in [0, 0.05) is 24.1 Å². The van der Waals surface area contributed by atoms with E-state index in [-0.39, 0.29) is 5.91 Å². The van der Waals surface area contributed by atoms with Crippen LogP contribution in [0.2, 0.25) is 0 Å². The van der Waals surface area contributed by atoms with Gasteiger partial charge in [0.15, 0.2) is 0 Å². The van der Waals surface area contributed by atoms with Gasteiger partial charge in [0.1, 0.15) is 0 Å². The van der Waals surface area contributed by atoms with Gasteiger partial charge in [-0.15, -0.1) is 0 Å². The maximum atomic E-state index is 11.1. The fraction of sp³-hybridized carbons (Fsp3) is 0.462. The smallest absolute Gasteiger partial charge is 0.231 e. The Bertz CT molecular complexity index is 391. The van der Waals surface area contributed by atoms with Crippen LogP contribution in [0.5, 0.6) is 0 Å². The van der Waals surface area contributed by atoms with Crippen molar-refractivity contribution < 1.29 is 4.79 Å². The molecule has 0 aromatic heterocycles. The molecule has 1 aliphatic rings. The molecule has 0 radical (unpaired) electrons. The average molecular weight is 250 g/mol. The molecular formula is C13H18N2OS. The third kappa shape index (κ3) is 3.23. The minimum Gasteiger partial charge on any atom is -0.369 e. The molecule has 1 heterocycles. The van der Waals surface area contributed by atoms with Crippen LogP contribution in [0, 0.1) is 6.92 Å². The second-order valence-corrected chi connectivity index (χ2v) is 5.59. The maximum Gasteiger partial charge on any atom is 0.231 e. The second kappa shape index (κ2) is 5.56.